The summed E-state index contributed by atoms with van der Waals surface area (Å²) in [6, 6.07) is 9.02. The van der Waals surface area contributed by atoms with Crippen LogP contribution in [0, 0.1) is 11.8 Å². The van der Waals surface area contributed by atoms with Crippen molar-refractivity contribution in [1.29, 1.82) is 0 Å². The number of benzene rings is 1. The molecule has 1 amide bonds. The van der Waals surface area contributed by atoms with Gasteiger partial charge in [-0.2, -0.15) is 0 Å². The van der Waals surface area contributed by atoms with Gasteiger partial charge in [-0.25, -0.2) is 0 Å². The van der Waals surface area contributed by atoms with Crippen LogP contribution in [0.2, 0.25) is 5.02 Å². The van der Waals surface area contributed by atoms with Gasteiger partial charge in [0.1, 0.15) is 5.69 Å². The van der Waals surface area contributed by atoms with Gasteiger partial charge in [-0.1, -0.05) is 58.3 Å². The third-order valence-electron chi connectivity index (χ3n) is 3.77. The third kappa shape index (κ3) is 13.3. The number of likely N-dealkylation sites (N-methyl/N-ethyl adjacent to an activating group) is 1. The van der Waals surface area contributed by atoms with Gasteiger partial charge in [0.25, 0.3) is 0 Å². The highest BCUT2D eigenvalue weighted by Crippen LogP contribution is 2.21. The standard InChI is InChI=1S/C10H6ClNO2.C7H14N2O.2C4H10/c11-8-3-1-7(2-4-8)10-5-9(6-13)12-14-10;1-5-4-9(3)6(2)7(10)8-5;2*1-4(2)3/h1-6H;5-6H,4H2,1-3H3,(H,8,10);2*4H,1-3H3. The normalized spacial score (nSPS) is 17.8. The summed E-state index contributed by atoms with van der Waals surface area (Å²) in [5.41, 5.74) is 1.13. The molecular formula is C25H40ClN3O3. The molecule has 0 bridgehead atoms. The number of halogens is 1. The molecule has 0 spiro atoms. The van der Waals surface area contributed by atoms with Crippen LogP contribution in [0.4, 0.5) is 0 Å². The van der Waals surface area contributed by atoms with Gasteiger partial charge >= 0.3 is 0 Å². The summed E-state index contributed by atoms with van der Waals surface area (Å²) in [6.07, 6.45) is 0.642. The van der Waals surface area contributed by atoms with Crippen LogP contribution >= 0.6 is 11.6 Å². The van der Waals surface area contributed by atoms with Gasteiger partial charge in [0.15, 0.2) is 12.0 Å². The van der Waals surface area contributed by atoms with Crippen LogP contribution in [0.5, 0.6) is 0 Å². The molecule has 0 aliphatic carbocycles. The molecule has 1 aliphatic rings. The van der Waals surface area contributed by atoms with Crippen LogP contribution < -0.4 is 5.32 Å². The van der Waals surface area contributed by atoms with E-state index < -0.39 is 0 Å². The number of piperazine rings is 1. The smallest absolute Gasteiger partial charge is 0.237 e. The number of nitrogens with zero attached hydrogens (tertiary/aromatic N) is 2. The van der Waals surface area contributed by atoms with E-state index in [1.807, 2.05) is 20.9 Å². The highest BCUT2D eigenvalue weighted by molar-refractivity contribution is 6.30. The number of carbonyl (C=O) groups excluding carboxylic acids is 2. The fraction of sp³-hybridized carbons (Fsp3) is 0.560. The van der Waals surface area contributed by atoms with Crippen molar-refractivity contribution in [2.75, 3.05) is 13.6 Å². The topological polar surface area (TPSA) is 75.4 Å². The van der Waals surface area contributed by atoms with E-state index in [-0.39, 0.29) is 17.6 Å². The predicted octanol–water partition coefficient (Wildman–Crippen LogP) is 5.96. The number of hydrogen-bond donors (Lipinski definition) is 1. The Hall–Kier alpha value is -2.18. The second-order valence-corrected chi connectivity index (χ2v) is 9.67. The second-order valence-electron chi connectivity index (χ2n) is 9.23. The largest absolute Gasteiger partial charge is 0.356 e. The highest BCUT2D eigenvalue weighted by Gasteiger charge is 2.25. The van der Waals surface area contributed by atoms with Gasteiger partial charge in [0.2, 0.25) is 5.91 Å². The van der Waals surface area contributed by atoms with E-state index >= 15 is 0 Å². The maximum Gasteiger partial charge on any atom is 0.237 e. The Bertz CT molecular complexity index is 776. The number of aldehydes is 1. The highest BCUT2D eigenvalue weighted by atomic mass is 35.5. The molecule has 6 nitrogen and oxygen atoms in total. The molecule has 180 valence electrons. The van der Waals surface area contributed by atoms with Crippen LogP contribution in [-0.4, -0.2) is 47.9 Å². The minimum atomic E-state index is 0.0381. The summed E-state index contributed by atoms with van der Waals surface area (Å²) in [4.78, 5) is 23.5. The van der Waals surface area contributed by atoms with Gasteiger partial charge in [-0.15, -0.1) is 0 Å². The van der Waals surface area contributed by atoms with Crippen molar-refractivity contribution in [3.05, 3.63) is 41.0 Å². The number of rotatable bonds is 2. The second kappa shape index (κ2) is 15.6. The minimum absolute atomic E-state index is 0.0381. The van der Waals surface area contributed by atoms with Crippen molar-refractivity contribution in [2.45, 2.75) is 67.5 Å². The zero-order chi connectivity index (χ0) is 24.8. The Morgan fingerprint density at radius 1 is 1.09 bits per heavy atom. The Morgan fingerprint density at radius 2 is 1.59 bits per heavy atom. The summed E-state index contributed by atoms with van der Waals surface area (Å²) in [5, 5.41) is 7.09. The summed E-state index contributed by atoms with van der Waals surface area (Å²) in [6.45, 7) is 17.9. The van der Waals surface area contributed by atoms with Gasteiger partial charge in [0.05, 0.1) is 6.04 Å². The molecule has 2 unspecified atom stereocenters. The Kier molecular flexibility index (Phi) is 14.5. The molecule has 7 heteroatoms. The summed E-state index contributed by atoms with van der Waals surface area (Å²) >= 11 is 5.73. The van der Waals surface area contributed by atoms with Gasteiger partial charge in [-0.05, 0) is 57.0 Å². The van der Waals surface area contributed by atoms with Crippen LogP contribution in [0.25, 0.3) is 11.3 Å². The van der Waals surface area contributed by atoms with Crippen molar-refractivity contribution in [3.8, 4) is 11.3 Å². The summed E-state index contributed by atoms with van der Waals surface area (Å²) < 4.78 is 4.96. The third-order valence-corrected chi connectivity index (χ3v) is 4.02. The summed E-state index contributed by atoms with van der Waals surface area (Å²) in [7, 11) is 1.97. The van der Waals surface area contributed by atoms with Crippen LogP contribution in [0.1, 0.15) is 65.9 Å². The van der Waals surface area contributed by atoms with E-state index in [1.54, 1.807) is 30.3 Å². The average molecular weight is 466 g/mol. The molecule has 1 aromatic heterocycles. The van der Waals surface area contributed by atoms with Crippen molar-refractivity contribution in [1.82, 2.24) is 15.4 Å². The Balaban J connectivity index is 0.000000466. The fourth-order valence-electron chi connectivity index (χ4n) is 2.29. The van der Waals surface area contributed by atoms with Crippen molar-refractivity contribution in [3.63, 3.8) is 0 Å². The molecular weight excluding hydrogens is 426 g/mol. The molecule has 0 radical (unpaired) electrons. The quantitative estimate of drug-likeness (QED) is 0.554. The number of hydrogen-bond acceptors (Lipinski definition) is 5. The van der Waals surface area contributed by atoms with E-state index in [1.165, 1.54) is 0 Å². The molecule has 2 aromatic rings. The number of carbonyl (C=O) groups is 2. The maximum atomic E-state index is 11.1. The molecule has 1 fully saturated rings. The Morgan fingerprint density at radius 3 is 2.00 bits per heavy atom. The van der Waals surface area contributed by atoms with Crippen molar-refractivity contribution in [2.24, 2.45) is 11.8 Å². The molecule has 1 aliphatic heterocycles. The fourth-order valence-corrected chi connectivity index (χ4v) is 2.42. The number of amides is 1. The van der Waals surface area contributed by atoms with Gasteiger partial charge in [0, 0.05) is 29.2 Å². The average Bonchev–Trinajstić information content (AvgIpc) is 3.15. The molecule has 1 saturated heterocycles. The summed E-state index contributed by atoms with van der Waals surface area (Å²) in [5.74, 6) is 2.37. The Labute approximate surface area is 198 Å². The van der Waals surface area contributed by atoms with Crippen LogP contribution in [0.15, 0.2) is 34.9 Å². The van der Waals surface area contributed by atoms with Crippen molar-refractivity contribution >= 4 is 23.8 Å². The minimum Gasteiger partial charge on any atom is -0.356 e. The lowest BCUT2D eigenvalue weighted by atomic mass is 10.1. The van der Waals surface area contributed by atoms with E-state index in [0.29, 0.717) is 23.1 Å². The molecule has 1 aromatic carbocycles. The number of nitrogens with one attached hydrogen (secondary N) is 1. The molecule has 2 heterocycles. The van der Waals surface area contributed by atoms with E-state index in [2.05, 4.69) is 56.9 Å². The first-order valence-corrected chi connectivity index (χ1v) is 11.4. The van der Waals surface area contributed by atoms with Gasteiger partial charge in [-0.3, -0.25) is 14.5 Å². The zero-order valence-corrected chi connectivity index (χ0v) is 21.7. The molecule has 1 N–H and O–H groups in total. The maximum absolute atomic E-state index is 11.1. The van der Waals surface area contributed by atoms with Gasteiger partial charge < -0.3 is 9.84 Å². The first-order valence-electron chi connectivity index (χ1n) is 11.1. The van der Waals surface area contributed by atoms with E-state index in [9.17, 15) is 9.59 Å². The lowest BCUT2D eigenvalue weighted by Crippen LogP contribution is -2.56. The first kappa shape index (κ1) is 29.8. The lowest BCUT2D eigenvalue weighted by Gasteiger charge is -2.33. The molecule has 0 saturated carbocycles. The molecule has 3 rings (SSSR count). The van der Waals surface area contributed by atoms with E-state index in [0.717, 1.165) is 23.9 Å². The predicted molar refractivity (Wildman–Crippen MR) is 133 cm³/mol. The monoisotopic (exact) mass is 465 g/mol. The molecule has 2 atom stereocenters. The first-order chi connectivity index (χ1) is 14.9. The van der Waals surface area contributed by atoms with E-state index in [4.69, 9.17) is 16.1 Å². The zero-order valence-electron chi connectivity index (χ0n) is 21.0. The van der Waals surface area contributed by atoms with Crippen LogP contribution in [0.3, 0.4) is 0 Å². The SMILES string of the molecule is CC(C)C.CC(C)C.CC1CN(C)C(C)C(=O)N1.O=Cc1cc(-c2ccc(Cl)cc2)on1. The molecule has 32 heavy (non-hydrogen) atoms. The lowest BCUT2D eigenvalue weighted by molar-refractivity contribution is -0.128. The van der Waals surface area contributed by atoms with Crippen LogP contribution in [-0.2, 0) is 4.79 Å². The number of aromatic nitrogens is 1. The van der Waals surface area contributed by atoms with Crippen molar-refractivity contribution < 1.29 is 14.1 Å².